The van der Waals surface area contributed by atoms with Crippen molar-refractivity contribution >= 4 is 17.4 Å². The molecule has 9 heteroatoms. The minimum absolute atomic E-state index is 0.167. The molecule has 0 spiro atoms. The van der Waals surface area contributed by atoms with Crippen LogP contribution in [-0.2, 0) is 0 Å². The maximum absolute atomic E-state index is 13.6. The van der Waals surface area contributed by atoms with Gasteiger partial charge >= 0.3 is 0 Å². The van der Waals surface area contributed by atoms with E-state index in [0.29, 0.717) is 17.4 Å². The van der Waals surface area contributed by atoms with Gasteiger partial charge < -0.3 is 5.32 Å². The summed E-state index contributed by atoms with van der Waals surface area (Å²) in [6, 6.07) is 8.91. The van der Waals surface area contributed by atoms with Gasteiger partial charge in [-0.3, -0.25) is 0 Å². The van der Waals surface area contributed by atoms with Crippen LogP contribution >= 0.6 is 11.8 Å². The third-order valence-corrected chi connectivity index (χ3v) is 3.94. The van der Waals surface area contributed by atoms with Gasteiger partial charge in [0.15, 0.2) is 23.3 Å². The van der Waals surface area contributed by atoms with Crippen LogP contribution < -0.4 is 5.32 Å². The molecule has 0 heterocycles. The summed E-state index contributed by atoms with van der Waals surface area (Å²) in [5.74, 6) is -10.0. The second-order valence-electron chi connectivity index (χ2n) is 4.45. The number of benzene rings is 2. The van der Waals surface area contributed by atoms with Crippen molar-refractivity contribution in [1.29, 1.82) is 10.5 Å². The number of hydrogen-bond acceptors (Lipinski definition) is 4. The molecule has 0 amide bonds. The molecule has 0 saturated carbocycles. The van der Waals surface area contributed by atoms with E-state index in [0.717, 1.165) is 6.20 Å². The molecule has 0 unspecified atom stereocenters. The molecule has 0 aliphatic rings. The van der Waals surface area contributed by atoms with E-state index in [1.807, 2.05) is 0 Å². The third-order valence-electron chi connectivity index (χ3n) is 2.87. The Bertz CT molecular complexity index is 882. The Balaban J connectivity index is 2.25. The van der Waals surface area contributed by atoms with Gasteiger partial charge in [-0.25, -0.2) is 22.0 Å². The zero-order valence-electron chi connectivity index (χ0n) is 12.1. The normalized spacial score (nSPS) is 9.88. The first-order valence-electron chi connectivity index (χ1n) is 6.45. The number of anilines is 1. The number of rotatable bonds is 4. The van der Waals surface area contributed by atoms with Crippen molar-refractivity contribution < 1.29 is 22.0 Å². The lowest BCUT2D eigenvalue weighted by Crippen LogP contribution is -2.03. The smallest absolute Gasteiger partial charge is 0.200 e. The average Bonchev–Trinajstić information content (AvgIpc) is 2.64. The van der Waals surface area contributed by atoms with Crippen LogP contribution in [0.15, 0.2) is 45.8 Å². The van der Waals surface area contributed by atoms with E-state index in [4.69, 9.17) is 10.5 Å². The van der Waals surface area contributed by atoms with E-state index in [1.165, 1.54) is 24.3 Å². The summed E-state index contributed by atoms with van der Waals surface area (Å²) >= 11 is 0.375. The van der Waals surface area contributed by atoms with Crippen molar-refractivity contribution in [2.45, 2.75) is 9.79 Å². The summed E-state index contributed by atoms with van der Waals surface area (Å²) in [5, 5.41) is 19.8. The molecule has 2 rings (SSSR count). The maximum Gasteiger partial charge on any atom is 0.200 e. The number of allylic oxidation sites excluding steroid dienone is 1. The molecule has 0 atom stereocenters. The molecule has 0 aliphatic carbocycles. The van der Waals surface area contributed by atoms with Crippen LogP contribution in [0.4, 0.5) is 27.6 Å². The highest BCUT2D eigenvalue weighted by molar-refractivity contribution is 7.99. The lowest BCUT2D eigenvalue weighted by Gasteiger charge is -2.08. The molecule has 2 aromatic rings. The van der Waals surface area contributed by atoms with E-state index < -0.39 is 34.0 Å². The van der Waals surface area contributed by atoms with Gasteiger partial charge in [0, 0.05) is 16.8 Å². The Morgan fingerprint density at radius 1 is 0.840 bits per heavy atom. The molecular formula is C16H6F5N3S. The lowest BCUT2D eigenvalue weighted by atomic mass is 10.3. The summed E-state index contributed by atoms with van der Waals surface area (Å²) in [7, 11) is 0. The quantitative estimate of drug-likeness (QED) is 0.362. The highest BCUT2D eigenvalue weighted by Gasteiger charge is 2.26. The predicted molar refractivity (Wildman–Crippen MR) is 79.7 cm³/mol. The molecular weight excluding hydrogens is 361 g/mol. The van der Waals surface area contributed by atoms with Crippen LogP contribution in [-0.4, -0.2) is 0 Å². The highest BCUT2D eigenvalue weighted by Crippen LogP contribution is 2.35. The van der Waals surface area contributed by atoms with Crippen LogP contribution in [0.3, 0.4) is 0 Å². The summed E-state index contributed by atoms with van der Waals surface area (Å²) in [4.78, 5) is -0.785. The van der Waals surface area contributed by atoms with E-state index in [2.05, 4.69) is 5.32 Å². The molecule has 0 aliphatic heterocycles. The molecule has 0 radical (unpaired) electrons. The first-order valence-corrected chi connectivity index (χ1v) is 7.27. The molecule has 1 N–H and O–H groups in total. The molecule has 25 heavy (non-hydrogen) atoms. The van der Waals surface area contributed by atoms with Gasteiger partial charge in [-0.1, -0.05) is 11.8 Å². The van der Waals surface area contributed by atoms with E-state index in [1.54, 1.807) is 12.1 Å². The third kappa shape index (κ3) is 3.90. The number of halogens is 5. The summed E-state index contributed by atoms with van der Waals surface area (Å²) < 4.78 is 66.6. The number of nitrogens with zero attached hydrogens (tertiary/aromatic N) is 2. The Morgan fingerprint density at radius 3 is 1.80 bits per heavy atom. The summed E-state index contributed by atoms with van der Waals surface area (Å²) in [5.41, 5.74) is 0.282. The summed E-state index contributed by atoms with van der Waals surface area (Å²) in [6.45, 7) is 0. The predicted octanol–water partition coefficient (Wildman–Crippen LogP) is 4.88. The largest absolute Gasteiger partial charge is 0.360 e. The van der Waals surface area contributed by atoms with Crippen LogP contribution in [0.2, 0.25) is 0 Å². The van der Waals surface area contributed by atoms with E-state index in [-0.39, 0.29) is 10.5 Å². The van der Waals surface area contributed by atoms with Crippen molar-refractivity contribution in [3.8, 4) is 12.1 Å². The van der Waals surface area contributed by atoms with Crippen molar-refractivity contribution in [1.82, 2.24) is 0 Å². The van der Waals surface area contributed by atoms with Gasteiger partial charge in [-0.2, -0.15) is 10.5 Å². The zero-order chi connectivity index (χ0) is 18.6. The average molecular weight is 367 g/mol. The van der Waals surface area contributed by atoms with Gasteiger partial charge in [0.25, 0.3) is 0 Å². The Morgan fingerprint density at radius 2 is 1.32 bits per heavy atom. The zero-order valence-corrected chi connectivity index (χ0v) is 12.9. The monoisotopic (exact) mass is 367 g/mol. The van der Waals surface area contributed by atoms with Gasteiger partial charge in [0.1, 0.15) is 17.7 Å². The fourth-order valence-corrected chi connectivity index (χ4v) is 2.52. The summed E-state index contributed by atoms with van der Waals surface area (Å²) in [6.07, 6.45) is 1.16. The van der Waals surface area contributed by atoms with Gasteiger partial charge in [0.2, 0.25) is 5.82 Å². The van der Waals surface area contributed by atoms with Crippen LogP contribution in [0, 0.1) is 51.7 Å². The Kier molecular flexibility index (Phi) is 5.63. The molecule has 126 valence electrons. The fraction of sp³-hybridized carbons (Fsp3) is 0. The van der Waals surface area contributed by atoms with Crippen molar-refractivity contribution in [3.05, 3.63) is 65.1 Å². The van der Waals surface area contributed by atoms with Crippen molar-refractivity contribution in [2.75, 3.05) is 5.32 Å². The lowest BCUT2D eigenvalue weighted by molar-refractivity contribution is 0.361. The topological polar surface area (TPSA) is 59.6 Å². The first-order chi connectivity index (χ1) is 11.9. The second-order valence-corrected chi connectivity index (χ2v) is 5.54. The van der Waals surface area contributed by atoms with Gasteiger partial charge in [0.05, 0.1) is 4.90 Å². The van der Waals surface area contributed by atoms with Crippen LogP contribution in [0.25, 0.3) is 0 Å². The second kappa shape index (κ2) is 7.69. The highest BCUT2D eigenvalue weighted by atomic mass is 32.2. The molecule has 0 aromatic heterocycles. The van der Waals surface area contributed by atoms with Crippen molar-refractivity contribution in [2.24, 2.45) is 0 Å². The number of nitriles is 2. The van der Waals surface area contributed by atoms with E-state index in [9.17, 15) is 22.0 Å². The maximum atomic E-state index is 13.6. The van der Waals surface area contributed by atoms with Crippen molar-refractivity contribution in [3.63, 3.8) is 0 Å². The molecule has 0 saturated heterocycles. The molecule has 0 fully saturated rings. The van der Waals surface area contributed by atoms with Gasteiger partial charge in [-0.05, 0) is 24.3 Å². The molecule has 2 aromatic carbocycles. The minimum atomic E-state index is -2.21. The van der Waals surface area contributed by atoms with Crippen LogP contribution in [0.5, 0.6) is 0 Å². The first kappa shape index (κ1) is 18.3. The molecule has 0 bridgehead atoms. The Hall–Kier alpha value is -3.04. The Labute approximate surface area is 143 Å². The van der Waals surface area contributed by atoms with Gasteiger partial charge in [-0.15, -0.1) is 0 Å². The van der Waals surface area contributed by atoms with Crippen LogP contribution in [0.1, 0.15) is 0 Å². The minimum Gasteiger partial charge on any atom is -0.360 e. The SMILES string of the molecule is N#CC(C#N)=CNc1ccc(Sc2c(F)c(F)c(F)c(F)c2F)cc1. The fourth-order valence-electron chi connectivity index (χ4n) is 1.66. The number of hydrogen-bond donors (Lipinski definition) is 1. The van der Waals surface area contributed by atoms with E-state index >= 15 is 0 Å². The molecule has 3 nitrogen and oxygen atoms in total. The standard InChI is InChI=1S/C16H6F5N3S/c17-11-12(18)14(20)16(15(21)13(11)19)25-10-3-1-9(2-4-10)24-7-8(5-22)6-23/h1-4,7,24H. The number of nitrogens with one attached hydrogen (secondary N) is 1.